The number of carbonyl (C=O) groups excluding carboxylic acids is 1. The Morgan fingerprint density at radius 3 is 2.80 bits per heavy atom. The molecule has 7 nitrogen and oxygen atoms in total. The molecule has 1 aliphatic heterocycles. The Labute approximate surface area is 150 Å². The lowest BCUT2D eigenvalue weighted by Crippen LogP contribution is -2.42. The van der Waals surface area contributed by atoms with Gasteiger partial charge in [-0.05, 0) is 17.9 Å². The van der Waals surface area contributed by atoms with Gasteiger partial charge < -0.3 is 10.2 Å². The first-order valence-corrected chi connectivity index (χ1v) is 9.22. The summed E-state index contributed by atoms with van der Waals surface area (Å²) in [6.07, 6.45) is 6.00. The molecule has 0 atom stereocenters. The Kier molecular flexibility index (Phi) is 5.49. The zero-order valence-electron chi connectivity index (χ0n) is 14.3. The van der Waals surface area contributed by atoms with E-state index in [0.717, 1.165) is 35.4 Å². The Morgan fingerprint density at radius 2 is 2.12 bits per heavy atom. The van der Waals surface area contributed by atoms with E-state index in [2.05, 4.69) is 25.3 Å². The summed E-state index contributed by atoms with van der Waals surface area (Å²) in [5.74, 6) is 0.416. The molecule has 1 saturated heterocycles. The van der Waals surface area contributed by atoms with E-state index in [0.29, 0.717) is 18.2 Å². The Balaban J connectivity index is 0.000000880. The molecule has 4 rings (SSSR count). The van der Waals surface area contributed by atoms with Gasteiger partial charge in [0.15, 0.2) is 5.69 Å². The second-order valence-corrected chi connectivity index (χ2v) is 6.14. The van der Waals surface area contributed by atoms with Crippen LogP contribution >= 0.6 is 11.3 Å². The van der Waals surface area contributed by atoms with Crippen LogP contribution in [-0.2, 0) is 6.54 Å². The summed E-state index contributed by atoms with van der Waals surface area (Å²) in [5.41, 5.74) is 2.05. The number of hydrogen-bond donors (Lipinski definition) is 1. The van der Waals surface area contributed by atoms with Gasteiger partial charge in [0, 0.05) is 25.5 Å². The third-order valence-corrected chi connectivity index (χ3v) is 4.60. The van der Waals surface area contributed by atoms with Crippen LogP contribution in [0.1, 0.15) is 36.5 Å². The molecular formula is C17H20N6OS. The van der Waals surface area contributed by atoms with E-state index in [1.807, 2.05) is 30.2 Å². The summed E-state index contributed by atoms with van der Waals surface area (Å²) in [6.45, 7) is 6.07. The third kappa shape index (κ3) is 3.74. The van der Waals surface area contributed by atoms with Gasteiger partial charge in [0.1, 0.15) is 0 Å². The SMILES string of the molecule is CC.O=C(c1nc(NCc2cnccn2)nc2ccsc12)N1CCC1. The fourth-order valence-electron chi connectivity index (χ4n) is 2.35. The maximum Gasteiger partial charge on any atom is 0.274 e. The van der Waals surface area contributed by atoms with Gasteiger partial charge in [-0.3, -0.25) is 14.8 Å². The summed E-state index contributed by atoms with van der Waals surface area (Å²) in [5, 5.41) is 5.05. The van der Waals surface area contributed by atoms with Crippen molar-refractivity contribution in [3.63, 3.8) is 0 Å². The number of amides is 1. The second kappa shape index (κ2) is 7.98. The fourth-order valence-corrected chi connectivity index (χ4v) is 3.16. The summed E-state index contributed by atoms with van der Waals surface area (Å²) in [4.78, 5) is 31.5. The van der Waals surface area contributed by atoms with Crippen LogP contribution in [-0.4, -0.2) is 43.8 Å². The molecule has 0 bridgehead atoms. The van der Waals surface area contributed by atoms with E-state index in [1.54, 1.807) is 18.6 Å². The van der Waals surface area contributed by atoms with Crippen molar-refractivity contribution in [1.29, 1.82) is 0 Å². The van der Waals surface area contributed by atoms with Gasteiger partial charge in [-0.25, -0.2) is 9.97 Å². The van der Waals surface area contributed by atoms with Crippen molar-refractivity contribution in [3.05, 3.63) is 41.4 Å². The number of nitrogens with zero attached hydrogens (tertiary/aromatic N) is 5. The molecule has 3 aromatic heterocycles. The molecule has 1 fully saturated rings. The number of carbonyl (C=O) groups is 1. The normalized spacial score (nSPS) is 13.0. The minimum atomic E-state index is -0.0198. The van der Waals surface area contributed by atoms with Gasteiger partial charge in [0.25, 0.3) is 5.91 Å². The lowest BCUT2D eigenvalue weighted by atomic mass is 10.2. The summed E-state index contributed by atoms with van der Waals surface area (Å²) in [7, 11) is 0. The number of likely N-dealkylation sites (tertiary alicyclic amines) is 1. The molecule has 3 aromatic rings. The van der Waals surface area contributed by atoms with Gasteiger partial charge in [0.2, 0.25) is 5.95 Å². The van der Waals surface area contributed by atoms with E-state index < -0.39 is 0 Å². The fraction of sp³-hybridized carbons (Fsp3) is 0.353. The number of aromatic nitrogens is 4. The Morgan fingerprint density at radius 1 is 1.28 bits per heavy atom. The van der Waals surface area contributed by atoms with Crippen LogP contribution in [0, 0.1) is 0 Å². The van der Waals surface area contributed by atoms with E-state index in [9.17, 15) is 4.79 Å². The Bertz CT molecular complexity index is 847. The van der Waals surface area contributed by atoms with Gasteiger partial charge in [-0.15, -0.1) is 11.3 Å². The first-order valence-electron chi connectivity index (χ1n) is 8.34. The number of nitrogens with one attached hydrogen (secondary N) is 1. The van der Waals surface area contributed by atoms with Crippen LogP contribution in [0.15, 0.2) is 30.0 Å². The molecule has 1 N–H and O–H groups in total. The van der Waals surface area contributed by atoms with E-state index in [4.69, 9.17) is 0 Å². The van der Waals surface area contributed by atoms with Gasteiger partial charge in [0.05, 0.1) is 28.7 Å². The molecule has 0 unspecified atom stereocenters. The lowest BCUT2D eigenvalue weighted by molar-refractivity contribution is 0.0648. The molecular weight excluding hydrogens is 336 g/mol. The Hall–Kier alpha value is -2.61. The smallest absolute Gasteiger partial charge is 0.274 e. The molecule has 4 heterocycles. The number of fused-ring (bicyclic) bond motifs is 1. The number of thiophene rings is 1. The summed E-state index contributed by atoms with van der Waals surface area (Å²) < 4.78 is 0.840. The first-order chi connectivity index (χ1) is 12.3. The standard InChI is InChI=1S/C15H14N6OS.C2H6/c22-14(21-5-1-6-21)12-13-11(2-7-23-13)19-15(20-12)18-9-10-8-16-3-4-17-10;1-2/h2-4,7-8H,1,5-6,9H2,(H,18,19,20);1-2H3. The maximum absolute atomic E-state index is 12.6. The molecule has 0 spiro atoms. The van der Waals surface area contributed by atoms with Crippen molar-refractivity contribution in [2.45, 2.75) is 26.8 Å². The molecule has 8 heteroatoms. The minimum Gasteiger partial charge on any atom is -0.348 e. The van der Waals surface area contributed by atoms with Crippen molar-refractivity contribution in [1.82, 2.24) is 24.8 Å². The second-order valence-electron chi connectivity index (χ2n) is 5.23. The van der Waals surface area contributed by atoms with Crippen LogP contribution < -0.4 is 5.32 Å². The predicted octanol–water partition coefficient (Wildman–Crippen LogP) is 2.97. The van der Waals surface area contributed by atoms with Crippen LogP contribution in [0.3, 0.4) is 0 Å². The molecule has 1 amide bonds. The van der Waals surface area contributed by atoms with Crippen LogP contribution in [0.25, 0.3) is 10.2 Å². The number of anilines is 1. The van der Waals surface area contributed by atoms with Crippen molar-refractivity contribution >= 4 is 33.4 Å². The number of hydrogen-bond acceptors (Lipinski definition) is 7. The highest BCUT2D eigenvalue weighted by atomic mass is 32.1. The third-order valence-electron chi connectivity index (χ3n) is 3.69. The van der Waals surface area contributed by atoms with Crippen LogP contribution in [0.4, 0.5) is 5.95 Å². The van der Waals surface area contributed by atoms with Crippen molar-refractivity contribution in [2.75, 3.05) is 18.4 Å². The van der Waals surface area contributed by atoms with Crippen molar-refractivity contribution < 1.29 is 4.79 Å². The summed E-state index contributed by atoms with van der Waals surface area (Å²) >= 11 is 1.49. The quantitative estimate of drug-likeness (QED) is 0.774. The molecule has 25 heavy (non-hydrogen) atoms. The highest BCUT2D eigenvalue weighted by molar-refractivity contribution is 7.17. The number of rotatable bonds is 4. The highest BCUT2D eigenvalue weighted by Gasteiger charge is 2.25. The minimum absolute atomic E-state index is 0.0198. The molecule has 0 saturated carbocycles. The largest absolute Gasteiger partial charge is 0.348 e. The van der Waals surface area contributed by atoms with E-state index in [1.165, 1.54) is 11.3 Å². The zero-order chi connectivity index (χ0) is 17.6. The van der Waals surface area contributed by atoms with Crippen LogP contribution in [0.2, 0.25) is 0 Å². The van der Waals surface area contributed by atoms with Crippen molar-refractivity contribution in [3.8, 4) is 0 Å². The molecule has 130 valence electrons. The monoisotopic (exact) mass is 356 g/mol. The molecule has 1 aliphatic rings. The molecule has 0 radical (unpaired) electrons. The average Bonchev–Trinajstić information content (AvgIpc) is 3.09. The van der Waals surface area contributed by atoms with Crippen molar-refractivity contribution in [2.24, 2.45) is 0 Å². The first kappa shape index (κ1) is 17.2. The molecule has 0 aromatic carbocycles. The topological polar surface area (TPSA) is 83.9 Å². The lowest BCUT2D eigenvalue weighted by Gasteiger charge is -2.30. The van der Waals surface area contributed by atoms with E-state index >= 15 is 0 Å². The van der Waals surface area contributed by atoms with Gasteiger partial charge >= 0.3 is 0 Å². The zero-order valence-corrected chi connectivity index (χ0v) is 15.1. The summed E-state index contributed by atoms with van der Waals surface area (Å²) in [6, 6.07) is 1.90. The van der Waals surface area contributed by atoms with Gasteiger partial charge in [-0.2, -0.15) is 0 Å². The maximum atomic E-state index is 12.6. The van der Waals surface area contributed by atoms with Gasteiger partial charge in [-0.1, -0.05) is 13.8 Å². The predicted molar refractivity (Wildman–Crippen MR) is 98.6 cm³/mol. The van der Waals surface area contributed by atoms with E-state index in [-0.39, 0.29) is 5.91 Å². The average molecular weight is 356 g/mol. The molecule has 0 aliphatic carbocycles. The highest BCUT2D eigenvalue weighted by Crippen LogP contribution is 2.26. The van der Waals surface area contributed by atoms with Crippen LogP contribution in [0.5, 0.6) is 0 Å².